The molecule has 0 N–H and O–H groups in total. The monoisotopic (exact) mass is 267 g/mol. The Morgan fingerprint density at radius 2 is 2.00 bits per heavy atom. The summed E-state index contributed by atoms with van der Waals surface area (Å²) in [6, 6.07) is 3.34. The number of rotatable bonds is 2. The zero-order valence-corrected chi connectivity index (χ0v) is 9.21. The molecular weight excluding hydrogens is 263 g/mol. The second-order valence-corrected chi connectivity index (χ2v) is 3.71. The summed E-state index contributed by atoms with van der Waals surface area (Å²) in [5.41, 5.74) is 0. The van der Waals surface area contributed by atoms with E-state index in [0.717, 1.165) is 4.47 Å². The summed E-state index contributed by atoms with van der Waals surface area (Å²) >= 11 is 14.9. The first-order valence-electron chi connectivity index (χ1n) is 3.21. The van der Waals surface area contributed by atoms with E-state index >= 15 is 0 Å². The van der Waals surface area contributed by atoms with Crippen molar-refractivity contribution in [2.45, 2.75) is 0 Å². The zero-order chi connectivity index (χ0) is 9.14. The predicted octanol–water partition coefficient (Wildman–Crippen LogP) is 3.97. The van der Waals surface area contributed by atoms with Gasteiger partial charge in [0.15, 0.2) is 0 Å². The van der Waals surface area contributed by atoms with Crippen molar-refractivity contribution in [2.75, 3.05) is 6.61 Å². The molecule has 1 radical (unpaired) electrons. The molecule has 1 nitrogen and oxygen atoms in total. The van der Waals surface area contributed by atoms with Gasteiger partial charge >= 0.3 is 0 Å². The largest absolute Gasteiger partial charge is 0.492 e. The third-order valence-electron chi connectivity index (χ3n) is 1.23. The maximum atomic E-state index is 5.84. The predicted molar refractivity (Wildman–Crippen MR) is 55.0 cm³/mol. The highest BCUT2D eigenvalue weighted by molar-refractivity contribution is 9.10. The topological polar surface area (TPSA) is 9.23 Å². The Morgan fingerprint density at radius 3 is 2.58 bits per heavy atom. The fourth-order valence-corrected chi connectivity index (χ4v) is 1.57. The Labute approximate surface area is 89.7 Å². The first kappa shape index (κ1) is 10.2. The van der Waals surface area contributed by atoms with Crippen molar-refractivity contribution in [2.24, 2.45) is 0 Å². The van der Waals surface area contributed by atoms with E-state index in [9.17, 15) is 0 Å². The molecule has 0 aliphatic heterocycles. The van der Waals surface area contributed by atoms with Crippen LogP contribution in [0.5, 0.6) is 5.75 Å². The molecule has 0 amide bonds. The Kier molecular flexibility index (Phi) is 3.69. The highest BCUT2D eigenvalue weighted by Gasteiger charge is 2.05. The minimum absolute atomic E-state index is 0.331. The van der Waals surface area contributed by atoms with Gasteiger partial charge in [-0.15, -0.1) is 0 Å². The molecule has 1 aromatic rings. The van der Waals surface area contributed by atoms with E-state index in [0.29, 0.717) is 22.4 Å². The van der Waals surface area contributed by atoms with Crippen LogP contribution in [0, 0.1) is 6.92 Å². The summed E-state index contributed by atoms with van der Waals surface area (Å²) < 4.78 is 5.88. The average Bonchev–Trinajstić information content (AvgIpc) is 2.01. The molecule has 0 aromatic heterocycles. The molecule has 0 heterocycles. The molecule has 4 heteroatoms. The Bertz CT molecular complexity index is 289. The van der Waals surface area contributed by atoms with Crippen LogP contribution in [-0.2, 0) is 0 Å². The fourth-order valence-electron chi connectivity index (χ4n) is 0.725. The van der Waals surface area contributed by atoms with Gasteiger partial charge in [-0.25, -0.2) is 0 Å². The van der Waals surface area contributed by atoms with Crippen molar-refractivity contribution in [1.82, 2.24) is 0 Å². The normalized spacial score (nSPS) is 10.0. The molecule has 0 aliphatic carbocycles. The van der Waals surface area contributed by atoms with Crippen LogP contribution in [0.15, 0.2) is 16.6 Å². The molecule has 0 spiro atoms. The van der Waals surface area contributed by atoms with Gasteiger partial charge in [0.1, 0.15) is 5.75 Å². The Balaban J connectivity index is 3.05. The maximum Gasteiger partial charge on any atom is 0.139 e. The smallest absolute Gasteiger partial charge is 0.139 e. The van der Waals surface area contributed by atoms with Gasteiger partial charge in [-0.2, -0.15) is 0 Å². The highest BCUT2D eigenvalue weighted by atomic mass is 79.9. The molecule has 12 heavy (non-hydrogen) atoms. The van der Waals surface area contributed by atoms with Crippen LogP contribution in [0.4, 0.5) is 0 Å². The number of halogens is 3. The third kappa shape index (κ3) is 2.28. The molecule has 0 saturated heterocycles. The van der Waals surface area contributed by atoms with E-state index < -0.39 is 0 Å². The molecule has 1 aromatic carbocycles. The van der Waals surface area contributed by atoms with Crippen LogP contribution in [0.3, 0.4) is 0 Å². The standard InChI is InChI=1S/C8H6BrCl2O/c1-2-12-8-4-6(10)5(9)3-7(8)11/h3-4H,1-2H2. The lowest BCUT2D eigenvalue weighted by Gasteiger charge is -2.06. The van der Waals surface area contributed by atoms with Crippen LogP contribution in [0.25, 0.3) is 0 Å². The van der Waals surface area contributed by atoms with Gasteiger partial charge in [0, 0.05) is 10.5 Å². The quantitative estimate of drug-likeness (QED) is 0.738. The summed E-state index contributed by atoms with van der Waals surface area (Å²) in [6.07, 6.45) is 0. The lowest BCUT2D eigenvalue weighted by molar-refractivity contribution is 0.361. The number of ether oxygens (including phenoxy) is 1. The van der Waals surface area contributed by atoms with Gasteiger partial charge in [-0.3, -0.25) is 0 Å². The first-order chi connectivity index (χ1) is 5.65. The maximum absolute atomic E-state index is 5.84. The molecule has 0 aliphatic rings. The fraction of sp³-hybridized carbons (Fsp3) is 0.125. The summed E-state index contributed by atoms with van der Waals surface area (Å²) in [6.45, 7) is 3.87. The number of hydrogen-bond donors (Lipinski definition) is 0. The molecule has 0 bridgehead atoms. The average molecular weight is 269 g/mol. The SMILES string of the molecule is [CH2]COc1cc(Cl)c(Br)cc1Cl. The van der Waals surface area contributed by atoms with Crippen molar-refractivity contribution in [3.8, 4) is 5.75 Å². The second kappa shape index (κ2) is 4.35. The van der Waals surface area contributed by atoms with Crippen molar-refractivity contribution < 1.29 is 4.74 Å². The lowest BCUT2D eigenvalue weighted by Crippen LogP contribution is -1.92. The lowest BCUT2D eigenvalue weighted by atomic mass is 10.3. The van der Waals surface area contributed by atoms with Gasteiger partial charge in [0.05, 0.1) is 16.7 Å². The molecule has 1 rings (SSSR count). The minimum atomic E-state index is 0.331. The molecular formula is C8H6BrCl2O. The van der Waals surface area contributed by atoms with Crippen molar-refractivity contribution in [3.05, 3.63) is 33.6 Å². The van der Waals surface area contributed by atoms with Crippen LogP contribution in [0.2, 0.25) is 10.0 Å². The minimum Gasteiger partial charge on any atom is -0.492 e. The van der Waals surface area contributed by atoms with Crippen LogP contribution in [-0.4, -0.2) is 6.61 Å². The van der Waals surface area contributed by atoms with E-state index in [1.807, 2.05) is 0 Å². The van der Waals surface area contributed by atoms with E-state index in [4.69, 9.17) is 27.9 Å². The Morgan fingerprint density at radius 1 is 1.33 bits per heavy atom. The molecule has 0 saturated carbocycles. The summed E-state index contributed by atoms with van der Waals surface area (Å²) in [4.78, 5) is 0. The van der Waals surface area contributed by atoms with Gasteiger partial charge < -0.3 is 4.74 Å². The van der Waals surface area contributed by atoms with E-state index in [-0.39, 0.29) is 0 Å². The van der Waals surface area contributed by atoms with Gasteiger partial charge in [0.25, 0.3) is 0 Å². The summed E-state index contributed by atoms with van der Waals surface area (Å²) in [7, 11) is 0. The second-order valence-electron chi connectivity index (χ2n) is 2.05. The van der Waals surface area contributed by atoms with Crippen molar-refractivity contribution >= 4 is 39.1 Å². The zero-order valence-electron chi connectivity index (χ0n) is 6.11. The van der Waals surface area contributed by atoms with Gasteiger partial charge in [-0.05, 0) is 28.9 Å². The van der Waals surface area contributed by atoms with Crippen molar-refractivity contribution in [3.63, 3.8) is 0 Å². The van der Waals surface area contributed by atoms with Gasteiger partial charge in [0.2, 0.25) is 0 Å². The van der Waals surface area contributed by atoms with Crippen LogP contribution < -0.4 is 4.74 Å². The van der Waals surface area contributed by atoms with Crippen molar-refractivity contribution in [1.29, 1.82) is 0 Å². The van der Waals surface area contributed by atoms with Gasteiger partial charge in [-0.1, -0.05) is 23.2 Å². The Hall–Kier alpha value is 0.0800. The molecule has 0 fully saturated rings. The third-order valence-corrected chi connectivity index (χ3v) is 2.72. The summed E-state index contributed by atoms with van der Waals surface area (Å²) in [5.74, 6) is 0.555. The van der Waals surface area contributed by atoms with E-state index in [2.05, 4.69) is 22.9 Å². The van der Waals surface area contributed by atoms with Crippen LogP contribution >= 0.6 is 39.1 Å². The van der Waals surface area contributed by atoms with E-state index in [1.54, 1.807) is 12.1 Å². The molecule has 0 unspecified atom stereocenters. The highest BCUT2D eigenvalue weighted by Crippen LogP contribution is 2.33. The summed E-state index contributed by atoms with van der Waals surface area (Å²) in [5, 5.41) is 1.10. The van der Waals surface area contributed by atoms with E-state index in [1.165, 1.54) is 0 Å². The molecule has 65 valence electrons. The number of benzene rings is 1. The number of hydrogen-bond acceptors (Lipinski definition) is 1. The molecule has 0 atom stereocenters. The first-order valence-corrected chi connectivity index (χ1v) is 4.76. The van der Waals surface area contributed by atoms with Crippen LogP contribution in [0.1, 0.15) is 0 Å².